The number of hydrogen-bond donors (Lipinski definition) is 1. The maximum Gasteiger partial charge on any atom is 0.222 e. The van der Waals surface area contributed by atoms with Gasteiger partial charge in [-0.05, 0) is 12.1 Å². The highest BCUT2D eigenvalue weighted by Gasteiger charge is 2.21. The molecule has 118 valence electrons. The van der Waals surface area contributed by atoms with Gasteiger partial charge in [-0.25, -0.2) is 4.98 Å². The van der Waals surface area contributed by atoms with Gasteiger partial charge in [0.15, 0.2) is 5.82 Å². The summed E-state index contributed by atoms with van der Waals surface area (Å²) in [7, 11) is 0. The Hall–Kier alpha value is -3.35. The van der Waals surface area contributed by atoms with E-state index in [1.165, 1.54) is 6.92 Å². The van der Waals surface area contributed by atoms with Gasteiger partial charge in [-0.1, -0.05) is 30.3 Å². The van der Waals surface area contributed by atoms with E-state index >= 15 is 0 Å². The standard InChI is InChI=1S/C17H14N6O/c1-11(24)20-14-8-7-13-17(21-14)16(12-5-3-2-4-6-12)18-9-15-22-19-10-23(13)15/h2-8,10H,9H2,1H3,(H,20,21,24). The summed E-state index contributed by atoms with van der Waals surface area (Å²) in [6, 6.07) is 13.5. The van der Waals surface area contributed by atoms with Crippen LogP contribution in [0, 0.1) is 0 Å². The summed E-state index contributed by atoms with van der Waals surface area (Å²) in [4.78, 5) is 20.6. The van der Waals surface area contributed by atoms with Gasteiger partial charge in [0.2, 0.25) is 5.91 Å². The van der Waals surface area contributed by atoms with E-state index < -0.39 is 0 Å². The molecule has 0 spiro atoms. The molecule has 1 amide bonds. The predicted molar refractivity (Wildman–Crippen MR) is 89.2 cm³/mol. The molecule has 7 heteroatoms. The van der Waals surface area contributed by atoms with Crippen molar-refractivity contribution in [3.63, 3.8) is 0 Å². The van der Waals surface area contributed by atoms with Crippen LogP contribution in [0.1, 0.15) is 24.0 Å². The number of nitrogens with one attached hydrogen (secondary N) is 1. The number of pyridine rings is 1. The highest BCUT2D eigenvalue weighted by Crippen LogP contribution is 2.24. The van der Waals surface area contributed by atoms with E-state index in [4.69, 9.17) is 0 Å². The fourth-order valence-corrected chi connectivity index (χ4v) is 2.69. The molecule has 0 saturated heterocycles. The molecule has 0 radical (unpaired) electrons. The van der Waals surface area contributed by atoms with Crippen LogP contribution in [-0.4, -0.2) is 31.4 Å². The van der Waals surface area contributed by atoms with Gasteiger partial charge in [0.1, 0.15) is 24.4 Å². The Morgan fingerprint density at radius 2 is 2.00 bits per heavy atom. The van der Waals surface area contributed by atoms with Gasteiger partial charge in [-0.15, -0.1) is 10.2 Å². The molecule has 3 heterocycles. The lowest BCUT2D eigenvalue weighted by atomic mass is 10.1. The number of nitrogens with zero attached hydrogens (tertiary/aromatic N) is 5. The molecule has 2 aromatic heterocycles. The van der Waals surface area contributed by atoms with Crippen LogP contribution in [0.5, 0.6) is 0 Å². The number of carbonyl (C=O) groups is 1. The summed E-state index contributed by atoms with van der Waals surface area (Å²) in [6.45, 7) is 1.87. The number of amides is 1. The average Bonchev–Trinajstić information content (AvgIpc) is 2.98. The van der Waals surface area contributed by atoms with Crippen LogP contribution in [0.2, 0.25) is 0 Å². The number of fused-ring (bicyclic) bond motifs is 3. The molecule has 0 aliphatic carbocycles. The summed E-state index contributed by atoms with van der Waals surface area (Å²) in [5.41, 5.74) is 3.25. The molecule has 0 atom stereocenters. The van der Waals surface area contributed by atoms with Crippen LogP contribution in [0.25, 0.3) is 5.69 Å². The minimum atomic E-state index is -0.167. The van der Waals surface area contributed by atoms with E-state index in [1.54, 1.807) is 12.4 Å². The second kappa shape index (κ2) is 5.69. The van der Waals surface area contributed by atoms with Gasteiger partial charge < -0.3 is 5.32 Å². The molecule has 0 fully saturated rings. The summed E-state index contributed by atoms with van der Waals surface area (Å²) in [5.74, 6) is 1.07. The number of carbonyl (C=O) groups excluding carboxylic acids is 1. The van der Waals surface area contributed by atoms with Crippen LogP contribution in [0.15, 0.2) is 53.8 Å². The fourth-order valence-electron chi connectivity index (χ4n) is 2.69. The van der Waals surface area contributed by atoms with Gasteiger partial charge in [-0.2, -0.15) is 0 Å². The quantitative estimate of drug-likeness (QED) is 0.783. The first-order valence-corrected chi connectivity index (χ1v) is 7.50. The molecule has 1 N–H and O–H groups in total. The van der Waals surface area contributed by atoms with Crippen molar-refractivity contribution in [3.8, 4) is 5.69 Å². The lowest BCUT2D eigenvalue weighted by Crippen LogP contribution is -2.13. The lowest BCUT2D eigenvalue weighted by Gasteiger charge is -2.12. The molecule has 0 unspecified atom stereocenters. The monoisotopic (exact) mass is 318 g/mol. The first kappa shape index (κ1) is 14.3. The Kier molecular flexibility index (Phi) is 3.38. The van der Waals surface area contributed by atoms with Crippen LogP contribution < -0.4 is 5.32 Å². The van der Waals surface area contributed by atoms with Gasteiger partial charge >= 0.3 is 0 Å². The smallest absolute Gasteiger partial charge is 0.222 e. The SMILES string of the molecule is CC(=O)Nc1ccc2c(n1)C(c1ccccc1)=NCc1nncn1-2. The average molecular weight is 318 g/mol. The first-order chi connectivity index (χ1) is 11.7. The molecule has 3 aromatic rings. The summed E-state index contributed by atoms with van der Waals surface area (Å²) in [6.07, 6.45) is 1.65. The van der Waals surface area contributed by atoms with Gasteiger partial charge in [0.25, 0.3) is 0 Å². The number of aliphatic imine (C=N–C) groups is 1. The summed E-state index contributed by atoms with van der Waals surface area (Å²) < 4.78 is 1.87. The second-order valence-corrected chi connectivity index (χ2v) is 5.39. The molecular weight excluding hydrogens is 304 g/mol. The number of benzene rings is 1. The Labute approximate surface area is 138 Å². The van der Waals surface area contributed by atoms with Crippen LogP contribution in [-0.2, 0) is 11.3 Å². The van der Waals surface area contributed by atoms with Gasteiger partial charge in [0.05, 0.1) is 11.4 Å². The maximum atomic E-state index is 11.4. The Bertz CT molecular complexity index is 945. The van der Waals surface area contributed by atoms with Crippen molar-refractivity contribution < 1.29 is 4.79 Å². The number of aromatic nitrogens is 4. The minimum absolute atomic E-state index is 0.167. The third-order valence-electron chi connectivity index (χ3n) is 3.71. The van der Waals surface area contributed by atoms with E-state index in [0.717, 1.165) is 22.8 Å². The van der Waals surface area contributed by atoms with Crippen LogP contribution >= 0.6 is 0 Å². The largest absolute Gasteiger partial charge is 0.311 e. The topological polar surface area (TPSA) is 85.1 Å². The number of rotatable bonds is 2. The highest BCUT2D eigenvalue weighted by molar-refractivity contribution is 6.14. The number of hydrogen-bond acceptors (Lipinski definition) is 5. The normalized spacial score (nSPS) is 12.6. The number of anilines is 1. The van der Waals surface area contributed by atoms with Gasteiger partial charge in [0, 0.05) is 12.5 Å². The zero-order valence-electron chi connectivity index (χ0n) is 13.0. The highest BCUT2D eigenvalue weighted by atomic mass is 16.1. The van der Waals surface area contributed by atoms with Crippen molar-refractivity contribution >= 4 is 17.4 Å². The molecule has 7 nitrogen and oxygen atoms in total. The van der Waals surface area contributed by atoms with E-state index in [1.807, 2.05) is 41.0 Å². The fraction of sp³-hybridized carbons (Fsp3) is 0.118. The summed E-state index contributed by atoms with van der Waals surface area (Å²) in [5, 5.41) is 10.8. The molecule has 24 heavy (non-hydrogen) atoms. The van der Waals surface area contributed by atoms with Crippen LogP contribution in [0.4, 0.5) is 5.82 Å². The zero-order chi connectivity index (χ0) is 16.5. The Morgan fingerprint density at radius 3 is 2.79 bits per heavy atom. The van der Waals surface area contributed by atoms with E-state index in [9.17, 15) is 4.79 Å². The van der Waals surface area contributed by atoms with Crippen molar-refractivity contribution in [2.24, 2.45) is 4.99 Å². The van der Waals surface area contributed by atoms with E-state index in [-0.39, 0.29) is 5.91 Å². The third kappa shape index (κ3) is 2.45. The predicted octanol–water partition coefficient (Wildman–Crippen LogP) is 1.97. The third-order valence-corrected chi connectivity index (χ3v) is 3.71. The maximum absolute atomic E-state index is 11.4. The zero-order valence-corrected chi connectivity index (χ0v) is 13.0. The van der Waals surface area contributed by atoms with Crippen molar-refractivity contribution in [2.75, 3.05) is 5.32 Å². The molecule has 0 bridgehead atoms. The lowest BCUT2D eigenvalue weighted by molar-refractivity contribution is -0.114. The molecule has 0 saturated carbocycles. The first-order valence-electron chi connectivity index (χ1n) is 7.50. The Morgan fingerprint density at radius 1 is 1.17 bits per heavy atom. The van der Waals surface area contributed by atoms with E-state index in [0.29, 0.717) is 18.1 Å². The molecule has 1 aliphatic rings. The molecular formula is C17H14N6O. The summed E-state index contributed by atoms with van der Waals surface area (Å²) >= 11 is 0. The van der Waals surface area contributed by atoms with E-state index in [2.05, 4.69) is 25.5 Å². The van der Waals surface area contributed by atoms with Crippen molar-refractivity contribution in [1.82, 2.24) is 19.7 Å². The molecule has 4 rings (SSSR count). The second-order valence-electron chi connectivity index (χ2n) is 5.39. The van der Waals surface area contributed by atoms with Crippen molar-refractivity contribution in [2.45, 2.75) is 13.5 Å². The molecule has 1 aliphatic heterocycles. The molecule has 1 aromatic carbocycles. The van der Waals surface area contributed by atoms with Crippen LogP contribution in [0.3, 0.4) is 0 Å². The Balaban J connectivity index is 1.93. The minimum Gasteiger partial charge on any atom is -0.311 e. The van der Waals surface area contributed by atoms with Gasteiger partial charge in [-0.3, -0.25) is 14.4 Å². The van der Waals surface area contributed by atoms with Crippen molar-refractivity contribution in [1.29, 1.82) is 0 Å². The van der Waals surface area contributed by atoms with Crippen molar-refractivity contribution in [3.05, 3.63) is 65.9 Å².